The van der Waals surface area contributed by atoms with Gasteiger partial charge >= 0.3 is 0 Å². The Morgan fingerprint density at radius 1 is 1.28 bits per heavy atom. The molecular weight excluding hydrogens is 290 g/mol. The molecule has 2 N–H and O–H groups in total. The maximum Gasteiger partial charge on any atom is 0.123 e. The van der Waals surface area contributed by atoms with Crippen LogP contribution in [0.5, 0.6) is 0 Å². The van der Waals surface area contributed by atoms with Gasteiger partial charge in [-0.3, -0.25) is 0 Å². The summed E-state index contributed by atoms with van der Waals surface area (Å²) >= 11 is 3.58. The maximum atomic E-state index is 5.66. The van der Waals surface area contributed by atoms with Crippen LogP contribution < -0.4 is 5.73 Å². The fraction of sp³-hybridized carbons (Fsp3) is 0.357. The zero-order valence-corrected chi connectivity index (χ0v) is 12.4. The minimum atomic E-state index is 0.472. The molecule has 0 saturated carbocycles. The second kappa shape index (κ2) is 5.67. The van der Waals surface area contributed by atoms with Gasteiger partial charge in [0, 0.05) is 7.05 Å². The normalized spacial score (nSPS) is 10.9. The Kier molecular flexibility index (Phi) is 4.19. The number of nitrogens with two attached hydrogens (primary N) is 1. The van der Waals surface area contributed by atoms with Crippen molar-refractivity contribution >= 4 is 15.9 Å². The number of aromatic nitrogens is 2. The molecule has 0 radical (unpaired) electrons. The Labute approximate surface area is 116 Å². The second-order valence-corrected chi connectivity index (χ2v) is 5.21. The van der Waals surface area contributed by atoms with E-state index in [1.54, 1.807) is 0 Å². The van der Waals surface area contributed by atoms with Gasteiger partial charge in [-0.2, -0.15) is 0 Å². The molecular formula is C14H18BrN3. The van der Waals surface area contributed by atoms with Gasteiger partial charge in [-0.1, -0.05) is 24.3 Å². The summed E-state index contributed by atoms with van der Waals surface area (Å²) in [5, 5.41) is 0. The fourth-order valence-electron chi connectivity index (χ4n) is 2.07. The largest absolute Gasteiger partial charge is 0.325 e. The number of aryl methyl sites for hydroxylation is 3. The first-order valence-electron chi connectivity index (χ1n) is 6.08. The Balaban J connectivity index is 2.14. The Morgan fingerprint density at radius 3 is 2.61 bits per heavy atom. The number of hydrogen-bond acceptors (Lipinski definition) is 2. The van der Waals surface area contributed by atoms with E-state index in [4.69, 9.17) is 5.73 Å². The van der Waals surface area contributed by atoms with E-state index in [1.165, 1.54) is 11.1 Å². The summed E-state index contributed by atoms with van der Waals surface area (Å²) in [5.41, 5.74) is 9.46. The van der Waals surface area contributed by atoms with Gasteiger partial charge in [0.2, 0.25) is 0 Å². The van der Waals surface area contributed by atoms with Crippen molar-refractivity contribution < 1.29 is 0 Å². The van der Waals surface area contributed by atoms with Gasteiger partial charge in [-0.25, -0.2) is 4.98 Å². The average Bonchev–Trinajstić information content (AvgIpc) is 2.65. The van der Waals surface area contributed by atoms with Gasteiger partial charge in [0.05, 0.1) is 12.2 Å². The maximum absolute atomic E-state index is 5.66. The smallest absolute Gasteiger partial charge is 0.123 e. The van der Waals surface area contributed by atoms with Crippen LogP contribution in [0.3, 0.4) is 0 Å². The fourth-order valence-corrected chi connectivity index (χ4v) is 2.56. The van der Waals surface area contributed by atoms with Crippen molar-refractivity contribution in [2.24, 2.45) is 12.8 Å². The molecule has 2 rings (SSSR count). The van der Waals surface area contributed by atoms with E-state index in [0.29, 0.717) is 6.54 Å². The van der Waals surface area contributed by atoms with Crippen molar-refractivity contribution in [3.8, 4) is 0 Å². The first kappa shape index (κ1) is 13.3. The third-order valence-electron chi connectivity index (χ3n) is 3.26. The van der Waals surface area contributed by atoms with Gasteiger partial charge in [0.1, 0.15) is 10.4 Å². The Hall–Kier alpha value is -1.13. The van der Waals surface area contributed by atoms with E-state index in [2.05, 4.69) is 52.1 Å². The summed E-state index contributed by atoms with van der Waals surface area (Å²) in [6.45, 7) is 2.62. The molecule has 0 unspecified atom stereocenters. The summed E-state index contributed by atoms with van der Waals surface area (Å²) in [4.78, 5) is 4.56. The lowest BCUT2D eigenvalue weighted by molar-refractivity contribution is 0.781. The van der Waals surface area contributed by atoms with Crippen molar-refractivity contribution in [2.75, 3.05) is 0 Å². The van der Waals surface area contributed by atoms with Gasteiger partial charge in [-0.15, -0.1) is 0 Å². The number of nitrogens with zero attached hydrogens (tertiary/aromatic N) is 2. The monoisotopic (exact) mass is 307 g/mol. The molecule has 3 nitrogen and oxygen atoms in total. The molecule has 1 aromatic heterocycles. The molecule has 0 aliphatic rings. The molecule has 1 heterocycles. The number of halogens is 1. The van der Waals surface area contributed by atoms with E-state index >= 15 is 0 Å². The van der Waals surface area contributed by atoms with Crippen LogP contribution >= 0.6 is 15.9 Å². The van der Waals surface area contributed by atoms with Crippen LogP contribution in [0.2, 0.25) is 0 Å². The molecule has 0 spiro atoms. The Morgan fingerprint density at radius 2 is 2.00 bits per heavy atom. The SMILES string of the molecule is Cc1ccccc1CCc1nc(CN)n(C)c1Br. The predicted octanol–water partition coefficient (Wildman–Crippen LogP) is 2.73. The molecule has 1 aromatic carbocycles. The summed E-state index contributed by atoms with van der Waals surface area (Å²) in [6, 6.07) is 8.48. The third-order valence-corrected chi connectivity index (χ3v) is 4.25. The van der Waals surface area contributed by atoms with E-state index in [9.17, 15) is 0 Å². The van der Waals surface area contributed by atoms with Crippen molar-refractivity contribution in [3.05, 3.63) is 51.5 Å². The standard InChI is InChI=1S/C14H18BrN3/c1-10-5-3-4-6-11(10)7-8-12-14(15)18(2)13(9-16)17-12/h3-6H,7-9,16H2,1-2H3. The van der Waals surface area contributed by atoms with Crippen LogP contribution in [0, 0.1) is 6.92 Å². The first-order chi connectivity index (χ1) is 8.63. The molecule has 18 heavy (non-hydrogen) atoms. The zero-order chi connectivity index (χ0) is 13.1. The number of benzene rings is 1. The van der Waals surface area contributed by atoms with Crippen LogP contribution in [0.25, 0.3) is 0 Å². The molecule has 0 amide bonds. The highest BCUT2D eigenvalue weighted by Crippen LogP contribution is 2.20. The second-order valence-electron chi connectivity index (χ2n) is 4.46. The minimum absolute atomic E-state index is 0.472. The molecule has 0 atom stereocenters. The molecule has 0 aliphatic carbocycles. The first-order valence-corrected chi connectivity index (χ1v) is 6.87. The van der Waals surface area contributed by atoms with Crippen LogP contribution in [-0.4, -0.2) is 9.55 Å². The molecule has 0 aliphatic heterocycles. The predicted molar refractivity (Wildman–Crippen MR) is 77.4 cm³/mol. The number of imidazole rings is 1. The molecule has 0 fully saturated rings. The third kappa shape index (κ3) is 2.65. The lowest BCUT2D eigenvalue weighted by atomic mass is 10.0. The van der Waals surface area contributed by atoms with Crippen LogP contribution in [-0.2, 0) is 26.4 Å². The van der Waals surface area contributed by atoms with Crippen LogP contribution in [0.4, 0.5) is 0 Å². The highest BCUT2D eigenvalue weighted by atomic mass is 79.9. The number of hydrogen-bond donors (Lipinski definition) is 1. The van der Waals surface area contributed by atoms with Crippen molar-refractivity contribution in [2.45, 2.75) is 26.3 Å². The van der Waals surface area contributed by atoms with Crippen molar-refractivity contribution in [3.63, 3.8) is 0 Å². The van der Waals surface area contributed by atoms with Gasteiger partial charge in [0.25, 0.3) is 0 Å². The molecule has 0 saturated heterocycles. The Bertz CT molecular complexity index is 546. The van der Waals surface area contributed by atoms with E-state index in [-0.39, 0.29) is 0 Å². The van der Waals surface area contributed by atoms with Crippen LogP contribution in [0.15, 0.2) is 28.9 Å². The lowest BCUT2D eigenvalue weighted by Crippen LogP contribution is -2.04. The molecule has 96 valence electrons. The molecule has 2 aromatic rings. The topological polar surface area (TPSA) is 43.8 Å². The summed E-state index contributed by atoms with van der Waals surface area (Å²) in [6.07, 6.45) is 1.94. The van der Waals surface area contributed by atoms with Gasteiger partial charge < -0.3 is 10.3 Å². The van der Waals surface area contributed by atoms with E-state index in [1.807, 2.05) is 11.6 Å². The zero-order valence-electron chi connectivity index (χ0n) is 10.8. The average molecular weight is 308 g/mol. The minimum Gasteiger partial charge on any atom is -0.325 e. The van der Waals surface area contributed by atoms with Crippen LogP contribution in [0.1, 0.15) is 22.6 Å². The van der Waals surface area contributed by atoms with E-state index < -0.39 is 0 Å². The highest BCUT2D eigenvalue weighted by Gasteiger charge is 2.11. The quantitative estimate of drug-likeness (QED) is 0.944. The molecule has 0 bridgehead atoms. The summed E-state index contributed by atoms with van der Waals surface area (Å²) < 4.78 is 3.05. The van der Waals surface area contributed by atoms with Gasteiger partial charge in [0.15, 0.2) is 0 Å². The number of rotatable bonds is 4. The summed E-state index contributed by atoms with van der Waals surface area (Å²) in [7, 11) is 1.98. The molecule has 4 heteroatoms. The van der Waals surface area contributed by atoms with Crippen molar-refractivity contribution in [1.29, 1.82) is 0 Å². The van der Waals surface area contributed by atoms with E-state index in [0.717, 1.165) is 29.0 Å². The highest BCUT2D eigenvalue weighted by molar-refractivity contribution is 9.10. The van der Waals surface area contributed by atoms with Gasteiger partial charge in [-0.05, 0) is 46.8 Å². The lowest BCUT2D eigenvalue weighted by Gasteiger charge is -2.04. The van der Waals surface area contributed by atoms with Crippen molar-refractivity contribution in [1.82, 2.24) is 9.55 Å². The summed E-state index contributed by atoms with van der Waals surface area (Å²) in [5.74, 6) is 0.918.